The predicted octanol–water partition coefficient (Wildman–Crippen LogP) is 2.44. The number of Topliss-reactive ketones (excluding diaryl/α,β-unsaturated/α-hetero) is 1. The van der Waals surface area contributed by atoms with Gasteiger partial charge in [0, 0.05) is 12.6 Å². The van der Waals surface area contributed by atoms with E-state index in [4.69, 9.17) is 5.73 Å². The van der Waals surface area contributed by atoms with E-state index in [9.17, 15) is 9.59 Å². The van der Waals surface area contributed by atoms with Gasteiger partial charge in [0.2, 0.25) is 0 Å². The molecule has 0 aromatic heterocycles. The maximum atomic E-state index is 11.2. The Balaban J connectivity index is -0.000000579. The van der Waals surface area contributed by atoms with Gasteiger partial charge >= 0.3 is 6.03 Å². The molecule has 5 nitrogen and oxygen atoms in total. The molecule has 4 N–H and O–H groups in total. The van der Waals surface area contributed by atoms with Crippen molar-refractivity contribution in [3.8, 4) is 0 Å². The quantitative estimate of drug-likeness (QED) is 0.624. The smallest absolute Gasteiger partial charge is 0.312 e. The fourth-order valence-corrected chi connectivity index (χ4v) is 1.32. The Hall–Kier alpha value is -1.10. The highest BCUT2D eigenvalue weighted by Gasteiger charge is 2.13. The molecule has 0 spiro atoms. The van der Waals surface area contributed by atoms with Crippen LogP contribution in [-0.2, 0) is 4.79 Å². The Morgan fingerprint density at radius 3 is 1.89 bits per heavy atom. The maximum absolute atomic E-state index is 11.2. The van der Waals surface area contributed by atoms with Crippen molar-refractivity contribution in [2.45, 2.75) is 73.4 Å². The number of primary amides is 1. The number of rotatable bonds is 7. The average Bonchev–Trinajstić information content (AvgIpc) is 2.37. The van der Waals surface area contributed by atoms with Crippen LogP contribution in [0, 0.1) is 0 Å². The average molecular weight is 275 g/mol. The number of carbonyl (C=O) groups excluding carboxylic acids is 2. The number of ketones is 1. The number of nitrogens with one attached hydrogen (secondary N) is 2. The zero-order valence-electron chi connectivity index (χ0n) is 13.7. The molecule has 2 amide bonds. The van der Waals surface area contributed by atoms with Gasteiger partial charge in [-0.1, -0.05) is 41.5 Å². The highest BCUT2D eigenvalue weighted by molar-refractivity contribution is 5.81. The molecule has 5 heteroatoms. The van der Waals surface area contributed by atoms with E-state index in [1.165, 1.54) is 0 Å². The minimum atomic E-state index is -0.522. The monoisotopic (exact) mass is 275 g/mol. The third kappa shape index (κ3) is 19.4. The second-order valence-corrected chi connectivity index (χ2v) is 3.92. The van der Waals surface area contributed by atoms with Gasteiger partial charge in [-0.25, -0.2) is 4.79 Å². The van der Waals surface area contributed by atoms with Gasteiger partial charge in [-0.3, -0.25) is 4.79 Å². The van der Waals surface area contributed by atoms with Crippen LogP contribution < -0.4 is 16.4 Å². The molecule has 0 aliphatic carbocycles. The van der Waals surface area contributed by atoms with Crippen molar-refractivity contribution in [1.29, 1.82) is 0 Å². The molecule has 0 aliphatic rings. The molecule has 0 rings (SSSR count). The van der Waals surface area contributed by atoms with E-state index in [-0.39, 0.29) is 17.9 Å². The number of amides is 2. The topological polar surface area (TPSA) is 84.2 Å². The third-order valence-electron chi connectivity index (χ3n) is 1.99. The first-order valence-corrected chi connectivity index (χ1v) is 7.23. The minimum absolute atomic E-state index is 0.125. The standard InChI is InChI=1S/C10H21N3O2.2C2H6/c1-7(2)13-9(8(3)14)5-4-6-12-10(11)15;2*1-2/h7,9,13H,4-6H2,1-3H3,(H3,11,12,15);2*1-2H3. The van der Waals surface area contributed by atoms with Crippen molar-refractivity contribution in [2.24, 2.45) is 5.73 Å². The highest BCUT2D eigenvalue weighted by atomic mass is 16.2. The summed E-state index contributed by atoms with van der Waals surface area (Å²) in [5, 5.41) is 5.67. The van der Waals surface area contributed by atoms with E-state index < -0.39 is 6.03 Å². The predicted molar refractivity (Wildman–Crippen MR) is 82.3 cm³/mol. The van der Waals surface area contributed by atoms with Crippen LogP contribution >= 0.6 is 0 Å². The Labute approximate surface area is 118 Å². The van der Waals surface area contributed by atoms with Gasteiger partial charge in [0.25, 0.3) is 0 Å². The van der Waals surface area contributed by atoms with Crippen LogP contribution in [0.5, 0.6) is 0 Å². The SMILES string of the molecule is CC.CC.CC(=O)C(CCCNC(N)=O)NC(C)C. The summed E-state index contributed by atoms with van der Waals surface area (Å²) in [5.74, 6) is 0.128. The molecule has 0 saturated heterocycles. The molecule has 0 heterocycles. The molecule has 0 saturated carbocycles. The fourth-order valence-electron chi connectivity index (χ4n) is 1.32. The summed E-state index contributed by atoms with van der Waals surface area (Å²) in [5.41, 5.74) is 4.92. The van der Waals surface area contributed by atoms with Crippen LogP contribution in [-0.4, -0.2) is 30.4 Å². The lowest BCUT2D eigenvalue weighted by Crippen LogP contribution is -2.40. The van der Waals surface area contributed by atoms with Gasteiger partial charge in [0.05, 0.1) is 6.04 Å². The Morgan fingerprint density at radius 2 is 1.58 bits per heavy atom. The molecule has 116 valence electrons. The lowest BCUT2D eigenvalue weighted by molar-refractivity contribution is -0.119. The largest absolute Gasteiger partial charge is 0.352 e. The van der Waals surface area contributed by atoms with Gasteiger partial charge in [0.1, 0.15) is 5.78 Å². The molecule has 0 aliphatic heterocycles. The van der Waals surface area contributed by atoms with E-state index in [0.717, 1.165) is 6.42 Å². The number of urea groups is 1. The Kier molecular flexibility index (Phi) is 20.5. The van der Waals surface area contributed by atoms with E-state index in [1.807, 2.05) is 41.5 Å². The molecule has 1 unspecified atom stereocenters. The molecule has 0 aromatic carbocycles. The molecular formula is C14H33N3O2. The first-order valence-electron chi connectivity index (χ1n) is 7.23. The summed E-state index contributed by atoms with van der Waals surface area (Å²) in [6, 6.07) is -0.367. The van der Waals surface area contributed by atoms with E-state index in [1.54, 1.807) is 6.92 Å². The van der Waals surface area contributed by atoms with Gasteiger partial charge in [-0.15, -0.1) is 0 Å². The van der Waals surface area contributed by atoms with Gasteiger partial charge < -0.3 is 16.4 Å². The van der Waals surface area contributed by atoms with Gasteiger partial charge in [-0.05, 0) is 19.8 Å². The van der Waals surface area contributed by atoms with Gasteiger partial charge in [-0.2, -0.15) is 0 Å². The zero-order valence-corrected chi connectivity index (χ0v) is 13.7. The van der Waals surface area contributed by atoms with Crippen LogP contribution in [0.15, 0.2) is 0 Å². The summed E-state index contributed by atoms with van der Waals surface area (Å²) in [6.45, 7) is 14.1. The molecule has 1 atom stereocenters. The number of carbonyl (C=O) groups is 2. The molecule has 19 heavy (non-hydrogen) atoms. The normalized spacial score (nSPS) is 10.5. The summed E-state index contributed by atoms with van der Waals surface area (Å²) >= 11 is 0. The van der Waals surface area contributed by atoms with E-state index >= 15 is 0 Å². The fraction of sp³-hybridized carbons (Fsp3) is 0.857. The number of nitrogens with two attached hydrogens (primary N) is 1. The van der Waals surface area contributed by atoms with Crippen molar-refractivity contribution in [2.75, 3.05) is 6.54 Å². The lowest BCUT2D eigenvalue weighted by Gasteiger charge is -2.18. The lowest BCUT2D eigenvalue weighted by atomic mass is 10.1. The molecular weight excluding hydrogens is 242 g/mol. The van der Waals surface area contributed by atoms with Crippen molar-refractivity contribution in [1.82, 2.24) is 10.6 Å². The molecule has 0 bridgehead atoms. The van der Waals surface area contributed by atoms with Crippen molar-refractivity contribution < 1.29 is 9.59 Å². The summed E-state index contributed by atoms with van der Waals surface area (Å²) in [6.07, 6.45) is 1.46. The van der Waals surface area contributed by atoms with Crippen LogP contribution in [0.25, 0.3) is 0 Å². The Morgan fingerprint density at radius 1 is 1.11 bits per heavy atom. The Bertz CT molecular complexity index is 219. The number of hydrogen-bond acceptors (Lipinski definition) is 3. The van der Waals surface area contributed by atoms with Crippen molar-refractivity contribution in [3.63, 3.8) is 0 Å². The van der Waals surface area contributed by atoms with Crippen molar-refractivity contribution >= 4 is 11.8 Å². The highest BCUT2D eigenvalue weighted by Crippen LogP contribution is 1.99. The van der Waals surface area contributed by atoms with E-state index in [0.29, 0.717) is 13.0 Å². The third-order valence-corrected chi connectivity index (χ3v) is 1.99. The van der Waals surface area contributed by atoms with E-state index in [2.05, 4.69) is 10.6 Å². The summed E-state index contributed by atoms with van der Waals surface area (Å²) in [7, 11) is 0. The second kappa shape index (κ2) is 16.9. The molecule has 0 radical (unpaired) electrons. The summed E-state index contributed by atoms with van der Waals surface area (Å²) in [4.78, 5) is 21.6. The summed E-state index contributed by atoms with van der Waals surface area (Å²) < 4.78 is 0. The van der Waals surface area contributed by atoms with Crippen molar-refractivity contribution in [3.05, 3.63) is 0 Å². The molecule has 0 fully saturated rings. The van der Waals surface area contributed by atoms with Crippen LogP contribution in [0.2, 0.25) is 0 Å². The van der Waals surface area contributed by atoms with Crippen LogP contribution in [0.3, 0.4) is 0 Å². The van der Waals surface area contributed by atoms with Crippen LogP contribution in [0.1, 0.15) is 61.3 Å². The number of hydrogen-bond donors (Lipinski definition) is 3. The maximum Gasteiger partial charge on any atom is 0.312 e. The zero-order chi connectivity index (χ0) is 15.8. The first kappa shape index (κ1) is 23.0. The van der Waals surface area contributed by atoms with Crippen LogP contribution in [0.4, 0.5) is 4.79 Å². The first-order chi connectivity index (χ1) is 8.93. The molecule has 0 aromatic rings. The van der Waals surface area contributed by atoms with Gasteiger partial charge in [0.15, 0.2) is 0 Å². The minimum Gasteiger partial charge on any atom is -0.352 e. The second-order valence-electron chi connectivity index (χ2n) is 3.92.